The number of carbonyl (C=O) groups excluding carboxylic acids is 1. The van der Waals surface area contributed by atoms with Crippen LogP contribution in [0.4, 0.5) is 0 Å². The predicted octanol–water partition coefficient (Wildman–Crippen LogP) is 3.64. The molecule has 2 unspecified atom stereocenters. The fourth-order valence-electron chi connectivity index (χ4n) is 4.65. The van der Waals surface area contributed by atoms with E-state index in [1.807, 2.05) is 0 Å². The van der Waals surface area contributed by atoms with E-state index < -0.39 is 5.97 Å². The van der Waals surface area contributed by atoms with Crippen LogP contribution < -0.4 is 5.32 Å². The smallest absolute Gasteiger partial charge is 0.338 e. The summed E-state index contributed by atoms with van der Waals surface area (Å²) in [6.45, 7) is 2.10. The van der Waals surface area contributed by atoms with Gasteiger partial charge in [0, 0.05) is 22.8 Å². The van der Waals surface area contributed by atoms with E-state index in [2.05, 4.69) is 17.3 Å². The molecule has 0 radical (unpaired) electrons. The molecule has 2 saturated carbocycles. The second-order valence-electron chi connectivity index (χ2n) is 7.54. The number of hydrogen-bond donors (Lipinski definition) is 2. The molecule has 1 amide bonds. The summed E-state index contributed by atoms with van der Waals surface area (Å²) in [6, 6.07) is 7.36. The molecule has 1 aromatic carbocycles. The molecule has 0 saturated heterocycles. The van der Waals surface area contributed by atoms with Crippen molar-refractivity contribution < 1.29 is 14.7 Å². The van der Waals surface area contributed by atoms with Crippen molar-refractivity contribution in [2.24, 2.45) is 17.8 Å². The van der Waals surface area contributed by atoms with Gasteiger partial charge < -0.3 is 10.4 Å². The molecule has 27 heavy (non-hydrogen) atoms. The maximum Gasteiger partial charge on any atom is 0.338 e. The Bertz CT molecular complexity index is 852. The van der Waals surface area contributed by atoms with E-state index in [4.69, 9.17) is 16.7 Å². The molecular formula is C20H22ClN3O3. The third-order valence-electron chi connectivity index (χ3n) is 6.04. The minimum absolute atomic E-state index is 0.0572. The van der Waals surface area contributed by atoms with E-state index in [1.165, 1.54) is 6.20 Å². The van der Waals surface area contributed by atoms with Crippen LogP contribution >= 0.6 is 11.6 Å². The molecule has 0 aliphatic heterocycles. The van der Waals surface area contributed by atoms with Crippen LogP contribution in [0.5, 0.6) is 0 Å². The van der Waals surface area contributed by atoms with E-state index in [-0.39, 0.29) is 23.6 Å². The van der Waals surface area contributed by atoms with Crippen LogP contribution in [0.25, 0.3) is 0 Å². The van der Waals surface area contributed by atoms with Gasteiger partial charge in [0.05, 0.1) is 17.8 Å². The first kappa shape index (κ1) is 18.0. The van der Waals surface area contributed by atoms with Crippen molar-refractivity contribution in [2.75, 3.05) is 0 Å². The second kappa shape index (κ2) is 7.00. The molecule has 0 spiro atoms. The SMILES string of the molecule is CC[C@@H](NC(=O)c1ccc(Cl)cc1)C1C2CC(n3cc(C(=O)O)cn3)CC21. The number of carbonyl (C=O) groups is 2. The first-order chi connectivity index (χ1) is 13.0. The van der Waals surface area contributed by atoms with Crippen molar-refractivity contribution in [1.82, 2.24) is 15.1 Å². The predicted molar refractivity (Wildman–Crippen MR) is 101 cm³/mol. The third kappa shape index (κ3) is 3.46. The van der Waals surface area contributed by atoms with Crippen molar-refractivity contribution in [1.29, 1.82) is 0 Å². The van der Waals surface area contributed by atoms with E-state index in [1.54, 1.807) is 35.1 Å². The minimum Gasteiger partial charge on any atom is -0.478 e. The Morgan fingerprint density at radius 2 is 1.93 bits per heavy atom. The van der Waals surface area contributed by atoms with Gasteiger partial charge in [-0.25, -0.2) is 4.79 Å². The standard InChI is InChI=1S/C20H22ClN3O3/c1-2-17(23-19(25)11-3-5-13(21)6-4-11)18-15-7-14(8-16(15)18)24-10-12(9-22-24)20(26)27/h3-6,9-10,14-18H,2,7-8H2,1H3,(H,23,25)(H,26,27)/t14?,15?,16?,17-,18?/m1/s1. The van der Waals surface area contributed by atoms with E-state index in [9.17, 15) is 9.59 Å². The van der Waals surface area contributed by atoms with Crippen molar-refractivity contribution >= 4 is 23.5 Å². The zero-order valence-electron chi connectivity index (χ0n) is 15.0. The lowest BCUT2D eigenvalue weighted by Gasteiger charge is -2.21. The molecule has 142 valence electrons. The number of nitrogens with one attached hydrogen (secondary N) is 1. The molecule has 3 atom stereocenters. The molecule has 2 aliphatic rings. The van der Waals surface area contributed by atoms with Crippen LogP contribution in [0.1, 0.15) is 52.9 Å². The zero-order valence-corrected chi connectivity index (χ0v) is 15.8. The first-order valence-corrected chi connectivity index (χ1v) is 9.69. The number of halogens is 1. The largest absolute Gasteiger partial charge is 0.478 e. The Balaban J connectivity index is 1.36. The van der Waals surface area contributed by atoms with Crippen LogP contribution in [-0.4, -0.2) is 32.8 Å². The summed E-state index contributed by atoms with van der Waals surface area (Å²) in [6.07, 6.45) is 5.90. The number of rotatable bonds is 6. The lowest BCUT2D eigenvalue weighted by molar-refractivity contribution is 0.0696. The maximum absolute atomic E-state index is 12.5. The van der Waals surface area contributed by atoms with Gasteiger partial charge >= 0.3 is 5.97 Å². The van der Waals surface area contributed by atoms with Gasteiger partial charge in [-0.1, -0.05) is 18.5 Å². The molecule has 6 nitrogen and oxygen atoms in total. The lowest BCUT2D eigenvalue weighted by atomic mass is 9.99. The summed E-state index contributed by atoms with van der Waals surface area (Å²) >= 11 is 5.89. The molecule has 2 aliphatic carbocycles. The Hall–Kier alpha value is -2.34. The Morgan fingerprint density at radius 3 is 2.48 bits per heavy atom. The normalized spacial score (nSPS) is 27.0. The van der Waals surface area contributed by atoms with Gasteiger partial charge in [-0.05, 0) is 61.3 Å². The number of aromatic nitrogens is 2. The molecule has 1 aromatic heterocycles. The molecule has 0 bridgehead atoms. The number of amides is 1. The van der Waals surface area contributed by atoms with Gasteiger partial charge in [0.25, 0.3) is 5.91 Å². The number of aromatic carboxylic acids is 1. The van der Waals surface area contributed by atoms with Gasteiger partial charge in [0.2, 0.25) is 0 Å². The van der Waals surface area contributed by atoms with Gasteiger partial charge in [-0.3, -0.25) is 9.48 Å². The number of carboxylic acid groups (broad SMARTS) is 1. The summed E-state index contributed by atoms with van der Waals surface area (Å²) in [7, 11) is 0. The number of carboxylic acids is 1. The number of nitrogens with zero attached hydrogens (tertiary/aromatic N) is 2. The van der Waals surface area contributed by atoms with Crippen molar-refractivity contribution in [3.8, 4) is 0 Å². The molecular weight excluding hydrogens is 366 g/mol. The van der Waals surface area contributed by atoms with Crippen molar-refractivity contribution in [3.63, 3.8) is 0 Å². The highest BCUT2D eigenvalue weighted by Crippen LogP contribution is 2.62. The monoisotopic (exact) mass is 387 g/mol. The van der Waals surface area contributed by atoms with Crippen LogP contribution in [0, 0.1) is 17.8 Å². The highest BCUT2D eigenvalue weighted by atomic mass is 35.5. The van der Waals surface area contributed by atoms with E-state index >= 15 is 0 Å². The number of fused-ring (bicyclic) bond motifs is 1. The molecule has 1 heterocycles. The summed E-state index contributed by atoms with van der Waals surface area (Å²) in [5.74, 6) is 0.638. The van der Waals surface area contributed by atoms with Gasteiger partial charge in [-0.2, -0.15) is 5.10 Å². The van der Waals surface area contributed by atoms with Gasteiger partial charge in [0.15, 0.2) is 0 Å². The average molecular weight is 388 g/mol. The van der Waals surface area contributed by atoms with Crippen LogP contribution in [0.15, 0.2) is 36.7 Å². The topological polar surface area (TPSA) is 84.2 Å². The molecule has 2 N–H and O–H groups in total. The summed E-state index contributed by atoms with van der Waals surface area (Å²) in [5, 5.41) is 17.1. The zero-order chi connectivity index (χ0) is 19.1. The highest BCUT2D eigenvalue weighted by molar-refractivity contribution is 6.30. The third-order valence-corrected chi connectivity index (χ3v) is 6.29. The summed E-state index contributed by atoms with van der Waals surface area (Å²) in [5.41, 5.74) is 0.855. The van der Waals surface area contributed by atoms with E-state index in [0.29, 0.717) is 28.3 Å². The Morgan fingerprint density at radius 1 is 1.26 bits per heavy atom. The van der Waals surface area contributed by atoms with Gasteiger partial charge in [-0.15, -0.1) is 0 Å². The number of benzene rings is 1. The Kier molecular flexibility index (Phi) is 4.68. The van der Waals surface area contributed by atoms with Crippen LogP contribution in [0.3, 0.4) is 0 Å². The fraction of sp³-hybridized carbons (Fsp3) is 0.450. The quantitative estimate of drug-likeness (QED) is 0.792. The Labute approximate surface area is 162 Å². The van der Waals surface area contributed by atoms with E-state index in [0.717, 1.165) is 19.3 Å². The second-order valence-corrected chi connectivity index (χ2v) is 7.98. The molecule has 7 heteroatoms. The minimum atomic E-state index is -0.946. The summed E-state index contributed by atoms with van der Waals surface area (Å²) in [4.78, 5) is 23.5. The fourth-order valence-corrected chi connectivity index (χ4v) is 4.77. The first-order valence-electron chi connectivity index (χ1n) is 9.31. The van der Waals surface area contributed by atoms with Gasteiger partial charge in [0.1, 0.15) is 0 Å². The van der Waals surface area contributed by atoms with Crippen molar-refractivity contribution in [3.05, 3.63) is 52.8 Å². The number of hydrogen-bond acceptors (Lipinski definition) is 3. The maximum atomic E-state index is 12.5. The van der Waals surface area contributed by atoms with Crippen LogP contribution in [0.2, 0.25) is 5.02 Å². The highest BCUT2D eigenvalue weighted by Gasteiger charge is 2.59. The van der Waals surface area contributed by atoms with Crippen molar-refractivity contribution in [2.45, 2.75) is 38.3 Å². The summed E-state index contributed by atoms with van der Waals surface area (Å²) < 4.78 is 1.79. The van der Waals surface area contributed by atoms with Crippen LogP contribution in [-0.2, 0) is 0 Å². The average Bonchev–Trinajstić information content (AvgIpc) is 3.05. The molecule has 4 rings (SSSR count). The lowest BCUT2D eigenvalue weighted by Crippen LogP contribution is -2.37. The molecule has 2 aromatic rings. The molecule has 2 fully saturated rings.